The van der Waals surface area contributed by atoms with Gasteiger partial charge in [-0.2, -0.15) is 5.10 Å². The molecular weight excluding hydrogens is 240 g/mol. The Morgan fingerprint density at radius 1 is 1.16 bits per heavy atom. The molecule has 0 unspecified atom stereocenters. The standard InChI is InChI=1S/C15H16N2O2/c1-5-17-15(19-6-1)14(9-16-17)12-2-3-13-10-18-7-4-11(13)8-12/h2-3,8-9H,1,4-7,10H2. The lowest BCUT2D eigenvalue weighted by Gasteiger charge is -2.18. The van der Waals surface area contributed by atoms with Crippen LogP contribution in [0.3, 0.4) is 0 Å². The molecule has 0 radical (unpaired) electrons. The number of nitrogens with zero attached hydrogens (tertiary/aromatic N) is 2. The van der Waals surface area contributed by atoms with Crippen molar-refractivity contribution in [2.24, 2.45) is 0 Å². The van der Waals surface area contributed by atoms with E-state index in [0.717, 1.165) is 50.7 Å². The number of benzene rings is 1. The minimum absolute atomic E-state index is 0.734. The molecule has 0 fully saturated rings. The SMILES string of the molecule is c1cc2c(cc1-c1cnn3c1OCCC3)CCOC2. The highest BCUT2D eigenvalue weighted by Crippen LogP contribution is 2.33. The van der Waals surface area contributed by atoms with Crippen molar-refractivity contribution in [1.82, 2.24) is 9.78 Å². The number of aryl methyl sites for hydroxylation is 1. The van der Waals surface area contributed by atoms with E-state index >= 15 is 0 Å². The van der Waals surface area contributed by atoms with Gasteiger partial charge in [0.15, 0.2) is 0 Å². The van der Waals surface area contributed by atoms with E-state index in [9.17, 15) is 0 Å². The maximum Gasteiger partial charge on any atom is 0.219 e. The number of aromatic nitrogens is 2. The van der Waals surface area contributed by atoms with Crippen LogP contribution in [-0.4, -0.2) is 23.0 Å². The molecule has 19 heavy (non-hydrogen) atoms. The second-order valence-corrected chi connectivity index (χ2v) is 5.07. The first-order valence-electron chi connectivity index (χ1n) is 6.80. The first-order valence-corrected chi connectivity index (χ1v) is 6.80. The molecule has 4 nitrogen and oxygen atoms in total. The maximum atomic E-state index is 5.77. The molecule has 1 aromatic heterocycles. The lowest BCUT2D eigenvalue weighted by atomic mass is 9.98. The molecule has 0 atom stereocenters. The van der Waals surface area contributed by atoms with Gasteiger partial charge in [0.25, 0.3) is 0 Å². The van der Waals surface area contributed by atoms with Gasteiger partial charge in [0.1, 0.15) is 0 Å². The Kier molecular flexibility index (Phi) is 2.55. The summed E-state index contributed by atoms with van der Waals surface area (Å²) in [6.07, 6.45) is 3.95. The molecule has 0 bridgehead atoms. The first-order chi connectivity index (χ1) is 9.42. The van der Waals surface area contributed by atoms with Crippen molar-refractivity contribution in [2.45, 2.75) is 26.0 Å². The van der Waals surface area contributed by atoms with Crippen molar-refractivity contribution < 1.29 is 9.47 Å². The predicted octanol–water partition coefficient (Wildman–Crippen LogP) is 2.41. The van der Waals surface area contributed by atoms with Gasteiger partial charge in [-0.1, -0.05) is 18.2 Å². The van der Waals surface area contributed by atoms with E-state index in [1.807, 2.05) is 10.9 Å². The molecule has 0 amide bonds. The smallest absolute Gasteiger partial charge is 0.219 e. The average Bonchev–Trinajstić information content (AvgIpc) is 2.91. The molecule has 0 N–H and O–H groups in total. The van der Waals surface area contributed by atoms with E-state index in [0.29, 0.717) is 0 Å². The van der Waals surface area contributed by atoms with Crippen LogP contribution in [0, 0.1) is 0 Å². The molecular formula is C15H16N2O2. The summed E-state index contributed by atoms with van der Waals surface area (Å²) in [5.74, 6) is 0.915. The van der Waals surface area contributed by atoms with Gasteiger partial charge in [-0.3, -0.25) is 0 Å². The van der Waals surface area contributed by atoms with Gasteiger partial charge in [0.2, 0.25) is 5.88 Å². The molecule has 0 aliphatic carbocycles. The third kappa shape index (κ3) is 1.83. The largest absolute Gasteiger partial charge is 0.477 e. The lowest BCUT2D eigenvalue weighted by Crippen LogP contribution is -2.15. The van der Waals surface area contributed by atoms with Crippen molar-refractivity contribution in [3.8, 4) is 17.0 Å². The van der Waals surface area contributed by atoms with Crippen LogP contribution < -0.4 is 4.74 Å². The van der Waals surface area contributed by atoms with Gasteiger partial charge in [0.05, 0.1) is 31.6 Å². The van der Waals surface area contributed by atoms with E-state index in [1.165, 1.54) is 16.7 Å². The Hall–Kier alpha value is -1.81. The van der Waals surface area contributed by atoms with E-state index in [-0.39, 0.29) is 0 Å². The first kappa shape index (κ1) is 11.1. The van der Waals surface area contributed by atoms with Gasteiger partial charge in [-0.05, 0) is 23.1 Å². The minimum Gasteiger partial charge on any atom is -0.477 e. The number of hydrogen-bond donors (Lipinski definition) is 0. The van der Waals surface area contributed by atoms with Crippen LogP contribution in [0.4, 0.5) is 0 Å². The summed E-state index contributed by atoms with van der Waals surface area (Å²) in [6, 6.07) is 6.56. The summed E-state index contributed by atoms with van der Waals surface area (Å²) in [7, 11) is 0. The minimum atomic E-state index is 0.734. The molecule has 3 heterocycles. The average molecular weight is 256 g/mol. The molecule has 2 aliphatic rings. The third-order valence-corrected chi connectivity index (χ3v) is 3.83. The van der Waals surface area contributed by atoms with Crippen molar-refractivity contribution in [3.05, 3.63) is 35.5 Å². The highest BCUT2D eigenvalue weighted by atomic mass is 16.5. The number of rotatable bonds is 1. The van der Waals surface area contributed by atoms with E-state index in [2.05, 4.69) is 23.3 Å². The zero-order valence-corrected chi connectivity index (χ0v) is 10.8. The number of fused-ring (bicyclic) bond motifs is 2. The van der Waals surface area contributed by atoms with Crippen LogP contribution >= 0.6 is 0 Å². The van der Waals surface area contributed by atoms with E-state index in [1.54, 1.807) is 0 Å². The summed E-state index contributed by atoms with van der Waals surface area (Å²) in [6.45, 7) is 3.29. The molecule has 4 rings (SSSR count). The second-order valence-electron chi connectivity index (χ2n) is 5.07. The fourth-order valence-electron chi connectivity index (χ4n) is 2.80. The van der Waals surface area contributed by atoms with Gasteiger partial charge < -0.3 is 9.47 Å². The van der Waals surface area contributed by atoms with Crippen molar-refractivity contribution >= 4 is 0 Å². The van der Waals surface area contributed by atoms with E-state index < -0.39 is 0 Å². The van der Waals surface area contributed by atoms with Crippen LogP contribution in [0.5, 0.6) is 5.88 Å². The van der Waals surface area contributed by atoms with Crippen LogP contribution in [0.15, 0.2) is 24.4 Å². The molecule has 98 valence electrons. The molecule has 0 spiro atoms. The molecule has 0 saturated carbocycles. The van der Waals surface area contributed by atoms with Gasteiger partial charge in [0, 0.05) is 13.0 Å². The Bertz CT molecular complexity index is 619. The van der Waals surface area contributed by atoms with Crippen LogP contribution in [0.2, 0.25) is 0 Å². The van der Waals surface area contributed by atoms with Crippen LogP contribution in [-0.2, 0) is 24.3 Å². The maximum absolute atomic E-state index is 5.77. The lowest BCUT2D eigenvalue weighted by molar-refractivity contribution is 0.111. The zero-order chi connectivity index (χ0) is 12.7. The van der Waals surface area contributed by atoms with Gasteiger partial charge >= 0.3 is 0 Å². The summed E-state index contributed by atoms with van der Waals surface area (Å²) >= 11 is 0. The molecule has 0 saturated heterocycles. The van der Waals surface area contributed by atoms with Gasteiger partial charge in [-0.15, -0.1) is 0 Å². The monoisotopic (exact) mass is 256 g/mol. The summed E-state index contributed by atoms with van der Waals surface area (Å²) in [5, 5.41) is 4.41. The van der Waals surface area contributed by atoms with Crippen molar-refractivity contribution in [3.63, 3.8) is 0 Å². The second kappa shape index (κ2) is 4.38. The Morgan fingerprint density at radius 3 is 3.16 bits per heavy atom. The predicted molar refractivity (Wildman–Crippen MR) is 71.1 cm³/mol. The fourth-order valence-corrected chi connectivity index (χ4v) is 2.80. The molecule has 4 heteroatoms. The normalized spacial score (nSPS) is 17.5. The fraction of sp³-hybridized carbons (Fsp3) is 0.400. The molecule has 1 aromatic carbocycles. The van der Waals surface area contributed by atoms with Crippen LogP contribution in [0.25, 0.3) is 11.1 Å². The van der Waals surface area contributed by atoms with Crippen molar-refractivity contribution in [1.29, 1.82) is 0 Å². The Morgan fingerprint density at radius 2 is 2.16 bits per heavy atom. The summed E-state index contributed by atoms with van der Waals surface area (Å²) in [4.78, 5) is 0. The van der Waals surface area contributed by atoms with Crippen molar-refractivity contribution in [2.75, 3.05) is 13.2 Å². The molecule has 2 aromatic rings. The highest BCUT2D eigenvalue weighted by molar-refractivity contribution is 5.69. The Labute approximate surface area is 112 Å². The Balaban J connectivity index is 1.78. The third-order valence-electron chi connectivity index (χ3n) is 3.83. The zero-order valence-electron chi connectivity index (χ0n) is 10.8. The highest BCUT2D eigenvalue weighted by Gasteiger charge is 2.19. The number of ether oxygens (including phenoxy) is 2. The van der Waals surface area contributed by atoms with Gasteiger partial charge in [-0.25, -0.2) is 4.68 Å². The van der Waals surface area contributed by atoms with Crippen LogP contribution in [0.1, 0.15) is 17.5 Å². The van der Waals surface area contributed by atoms with E-state index in [4.69, 9.17) is 9.47 Å². The topological polar surface area (TPSA) is 36.3 Å². The molecule has 2 aliphatic heterocycles. The summed E-state index contributed by atoms with van der Waals surface area (Å²) in [5.41, 5.74) is 4.99. The summed E-state index contributed by atoms with van der Waals surface area (Å²) < 4.78 is 13.2. The quantitative estimate of drug-likeness (QED) is 0.786. The number of hydrogen-bond acceptors (Lipinski definition) is 3.